The van der Waals surface area contributed by atoms with Crippen molar-refractivity contribution in [3.8, 4) is 22.3 Å². The fourth-order valence-electron chi connectivity index (χ4n) is 7.37. The predicted octanol–water partition coefficient (Wildman–Crippen LogP) is 14.3. The monoisotopic (exact) mass is 878 g/mol. The van der Waals surface area contributed by atoms with Gasteiger partial charge >= 0.3 is 5.71 Å². The van der Waals surface area contributed by atoms with E-state index in [-0.39, 0.29) is 0 Å². The van der Waals surface area contributed by atoms with E-state index in [1.165, 1.54) is 118 Å². The Morgan fingerprint density at radius 1 is 0.469 bits per heavy atom. The van der Waals surface area contributed by atoms with Gasteiger partial charge in [0.2, 0.25) is 0 Å². The van der Waals surface area contributed by atoms with Crippen molar-refractivity contribution in [3.63, 3.8) is 0 Å². The van der Waals surface area contributed by atoms with E-state index >= 15 is 0 Å². The number of hydrogen-bond acceptors (Lipinski definition) is 0. The first-order valence-corrected chi connectivity index (χ1v) is 20.9. The highest BCUT2D eigenvalue weighted by Gasteiger charge is 2.25. The van der Waals surface area contributed by atoms with Gasteiger partial charge in [-0.05, 0) is 178 Å². The zero-order valence-electron chi connectivity index (χ0n) is 30.8. The summed E-state index contributed by atoms with van der Waals surface area (Å²) in [5, 5.41) is 0. The topological polar surface area (TPSA) is 36.4 Å². The molecular formula is C45H56I2N2. The molecule has 260 valence electrons. The molecule has 0 N–H and O–H groups in total. The lowest BCUT2D eigenvalue weighted by molar-refractivity contribution is -0.00295. The van der Waals surface area contributed by atoms with Crippen molar-refractivity contribution < 1.29 is 4.79 Å². The number of nitrogens with zero attached hydrogens (tertiary/aromatic N) is 2. The molecule has 0 amide bonds. The first-order valence-electron chi connectivity index (χ1n) is 18.7. The molecule has 0 spiro atoms. The maximum atomic E-state index is 10.5. The van der Waals surface area contributed by atoms with Crippen LogP contribution < -0.4 is 0 Å². The van der Waals surface area contributed by atoms with Gasteiger partial charge in [0.25, 0.3) is 0 Å². The Bertz CT molecular complexity index is 1590. The van der Waals surface area contributed by atoms with E-state index in [4.69, 9.17) is 0 Å². The molecule has 0 unspecified atom stereocenters. The standard InChI is InChI=1S/C45H56I2N2/c1-7-9-11-13-15-17-19-35-25-39(29-41(46)27-35)37-21-31(3)43(32(4)22-37)45(49-48)44-33(5)23-38(24-34(44)6)40-26-36(28-42(47)30-40)20-18-16-14-12-10-8-2/h21-30H,7-20H2,1-6H3. The van der Waals surface area contributed by atoms with Gasteiger partial charge in [-0.25, -0.2) is 0 Å². The maximum absolute atomic E-state index is 10.5. The van der Waals surface area contributed by atoms with E-state index in [1.807, 2.05) is 0 Å². The van der Waals surface area contributed by atoms with Crippen LogP contribution in [0.3, 0.4) is 0 Å². The molecule has 0 saturated carbocycles. The third kappa shape index (κ3) is 11.4. The van der Waals surface area contributed by atoms with Crippen LogP contribution in [0, 0.1) is 34.8 Å². The smallest absolute Gasteiger partial charge is 0.330 e. The van der Waals surface area contributed by atoms with Gasteiger partial charge < -0.3 is 5.53 Å². The zero-order chi connectivity index (χ0) is 35.3. The van der Waals surface area contributed by atoms with Crippen LogP contribution in [-0.2, 0) is 12.8 Å². The van der Waals surface area contributed by atoms with Crippen molar-refractivity contribution in [2.45, 2.75) is 131 Å². The molecule has 2 nitrogen and oxygen atoms in total. The lowest BCUT2D eigenvalue weighted by atomic mass is 9.86. The molecule has 0 aromatic heterocycles. The van der Waals surface area contributed by atoms with Crippen molar-refractivity contribution in [1.29, 1.82) is 0 Å². The second kappa shape index (κ2) is 19.9. The quantitative estimate of drug-likeness (QED) is 0.0314. The normalized spacial score (nSPS) is 11.2. The van der Waals surface area contributed by atoms with Gasteiger partial charge in [-0.2, -0.15) is 4.79 Å². The lowest BCUT2D eigenvalue weighted by Gasteiger charge is -2.15. The van der Waals surface area contributed by atoms with E-state index in [1.54, 1.807) is 0 Å². The van der Waals surface area contributed by atoms with Crippen molar-refractivity contribution in [1.82, 2.24) is 0 Å². The summed E-state index contributed by atoms with van der Waals surface area (Å²) >= 11 is 4.92. The van der Waals surface area contributed by atoms with Crippen LogP contribution in [0.1, 0.15) is 135 Å². The fraction of sp³-hybridized carbons (Fsp3) is 0.444. The van der Waals surface area contributed by atoms with Gasteiger partial charge in [-0.3, -0.25) is 0 Å². The molecule has 0 bridgehead atoms. The average Bonchev–Trinajstić information content (AvgIpc) is 3.06. The van der Waals surface area contributed by atoms with Crippen LogP contribution in [-0.4, -0.2) is 10.5 Å². The minimum Gasteiger partial charge on any atom is -0.361 e. The highest BCUT2D eigenvalue weighted by Crippen LogP contribution is 2.33. The summed E-state index contributed by atoms with van der Waals surface area (Å²) in [6.07, 6.45) is 18.0. The predicted molar refractivity (Wildman–Crippen MR) is 229 cm³/mol. The number of halogens is 2. The molecule has 0 atom stereocenters. The van der Waals surface area contributed by atoms with E-state index in [0.29, 0.717) is 5.71 Å². The van der Waals surface area contributed by atoms with Gasteiger partial charge in [0, 0.05) is 7.14 Å². The molecule has 4 rings (SSSR count). The van der Waals surface area contributed by atoms with Crippen LogP contribution >= 0.6 is 45.2 Å². The SMILES string of the molecule is CCCCCCCCc1cc(I)cc(-c2cc(C)c(C(=[N+]=[N-])c3c(C)cc(-c4cc(I)cc(CCCCCCCC)c4)cc3C)c(C)c2)c1. The van der Waals surface area contributed by atoms with E-state index < -0.39 is 0 Å². The summed E-state index contributed by atoms with van der Waals surface area (Å²) in [5.74, 6) is 0. The maximum Gasteiger partial charge on any atom is 0.330 e. The number of rotatable bonds is 18. The Labute approximate surface area is 324 Å². The van der Waals surface area contributed by atoms with Gasteiger partial charge in [0.1, 0.15) is 0 Å². The Balaban J connectivity index is 1.57. The Hall–Kier alpha value is -2.28. The fourth-order valence-corrected chi connectivity index (χ4v) is 8.85. The van der Waals surface area contributed by atoms with Crippen LogP contribution in [0.25, 0.3) is 27.8 Å². The summed E-state index contributed by atoms with van der Waals surface area (Å²) in [6, 6.07) is 23.1. The Kier molecular flexibility index (Phi) is 16.1. The molecule has 0 fully saturated rings. The molecule has 0 radical (unpaired) electrons. The third-order valence-corrected chi connectivity index (χ3v) is 11.1. The van der Waals surface area contributed by atoms with Crippen molar-refractivity contribution in [2.24, 2.45) is 0 Å². The van der Waals surface area contributed by atoms with Crippen molar-refractivity contribution in [3.05, 3.63) is 118 Å². The van der Waals surface area contributed by atoms with E-state index in [0.717, 1.165) is 46.2 Å². The molecule has 0 heterocycles. The summed E-state index contributed by atoms with van der Waals surface area (Å²) in [5.41, 5.74) is 25.5. The Morgan fingerprint density at radius 3 is 1.14 bits per heavy atom. The molecule has 0 aliphatic heterocycles. The second-order valence-electron chi connectivity index (χ2n) is 14.2. The summed E-state index contributed by atoms with van der Waals surface area (Å²) in [7, 11) is 0. The molecule has 4 heteroatoms. The van der Waals surface area contributed by atoms with Gasteiger partial charge in [0.15, 0.2) is 0 Å². The van der Waals surface area contributed by atoms with E-state index in [9.17, 15) is 5.53 Å². The molecule has 4 aromatic rings. The highest BCUT2D eigenvalue weighted by atomic mass is 127. The van der Waals surface area contributed by atoms with E-state index in [2.05, 4.69) is 152 Å². The first-order chi connectivity index (χ1) is 23.6. The van der Waals surface area contributed by atoms with Gasteiger partial charge in [-0.1, -0.05) is 114 Å². The molecule has 4 aromatic carbocycles. The van der Waals surface area contributed by atoms with Crippen LogP contribution in [0.15, 0.2) is 60.7 Å². The molecule has 0 aliphatic carbocycles. The number of unbranched alkanes of at least 4 members (excludes halogenated alkanes) is 10. The molecule has 0 aliphatic rings. The van der Waals surface area contributed by atoms with Gasteiger partial charge in [0.05, 0.1) is 11.1 Å². The second-order valence-corrected chi connectivity index (χ2v) is 16.6. The minimum absolute atomic E-state index is 0.654. The number of aryl methyl sites for hydroxylation is 6. The van der Waals surface area contributed by atoms with Crippen LogP contribution in [0.5, 0.6) is 0 Å². The molecular weight excluding hydrogens is 822 g/mol. The lowest BCUT2D eigenvalue weighted by Crippen LogP contribution is -2.13. The summed E-state index contributed by atoms with van der Waals surface area (Å²) < 4.78 is 2.56. The Morgan fingerprint density at radius 2 is 0.796 bits per heavy atom. The molecule has 0 saturated heterocycles. The first kappa shape index (κ1) is 39.5. The average molecular weight is 879 g/mol. The molecule has 49 heavy (non-hydrogen) atoms. The highest BCUT2D eigenvalue weighted by molar-refractivity contribution is 14.1. The number of hydrogen-bond donors (Lipinski definition) is 0. The minimum atomic E-state index is 0.654. The van der Waals surface area contributed by atoms with Gasteiger partial charge in [-0.15, -0.1) is 0 Å². The van der Waals surface area contributed by atoms with Crippen LogP contribution in [0.2, 0.25) is 0 Å². The largest absolute Gasteiger partial charge is 0.361 e. The van der Waals surface area contributed by atoms with Crippen molar-refractivity contribution >= 4 is 50.9 Å². The number of benzene rings is 4. The third-order valence-electron chi connectivity index (χ3n) is 9.86. The summed E-state index contributed by atoms with van der Waals surface area (Å²) in [4.78, 5) is 3.97. The van der Waals surface area contributed by atoms with Crippen LogP contribution in [0.4, 0.5) is 0 Å². The zero-order valence-corrected chi connectivity index (χ0v) is 35.1. The van der Waals surface area contributed by atoms with Crippen molar-refractivity contribution in [2.75, 3.05) is 0 Å². The summed E-state index contributed by atoms with van der Waals surface area (Å²) in [6.45, 7) is 13.2.